The third-order valence-electron chi connectivity index (χ3n) is 5.18. The monoisotopic (exact) mass is 405 g/mol. The van der Waals surface area contributed by atoms with E-state index in [1.54, 1.807) is 42.4 Å². The van der Waals surface area contributed by atoms with Crippen molar-refractivity contribution in [3.05, 3.63) is 88.3 Å². The lowest BCUT2D eigenvalue weighted by Gasteiger charge is -2.25. The molecule has 2 heterocycles. The summed E-state index contributed by atoms with van der Waals surface area (Å²) in [7, 11) is 1.62. The molecule has 0 saturated heterocycles. The molecule has 0 aliphatic carbocycles. The lowest BCUT2D eigenvalue weighted by Crippen LogP contribution is -2.31. The predicted octanol–water partition coefficient (Wildman–Crippen LogP) is 3.94. The number of hydrogen-bond donors (Lipinski definition) is 0. The first-order chi connectivity index (χ1) is 14.7. The number of fused-ring (bicyclic) bond motifs is 2. The Morgan fingerprint density at radius 1 is 1.13 bits per heavy atom. The first-order valence-electron chi connectivity index (χ1n) is 9.85. The first-order valence-corrected chi connectivity index (χ1v) is 9.85. The number of carbonyl (C=O) groups is 1. The van der Waals surface area contributed by atoms with Gasteiger partial charge in [0.1, 0.15) is 17.9 Å². The molecule has 0 spiro atoms. The maximum Gasteiger partial charge on any atom is 0.290 e. The van der Waals surface area contributed by atoms with E-state index in [0.717, 1.165) is 5.56 Å². The molecule has 0 N–H and O–H groups in total. The molecule has 0 radical (unpaired) electrons. The van der Waals surface area contributed by atoms with Crippen LogP contribution in [0.5, 0.6) is 5.75 Å². The van der Waals surface area contributed by atoms with Crippen LogP contribution < -0.4 is 10.2 Å². The minimum absolute atomic E-state index is 0.119. The summed E-state index contributed by atoms with van der Waals surface area (Å²) in [5, 5.41) is 0.471. The van der Waals surface area contributed by atoms with Crippen LogP contribution in [0, 0.1) is 0 Å². The Morgan fingerprint density at radius 3 is 2.63 bits per heavy atom. The zero-order valence-electron chi connectivity index (χ0n) is 16.8. The normalized spacial score (nSPS) is 15.4. The van der Waals surface area contributed by atoms with Crippen molar-refractivity contribution >= 4 is 16.9 Å². The van der Waals surface area contributed by atoms with E-state index in [4.69, 9.17) is 13.9 Å². The Balaban J connectivity index is 1.81. The zero-order chi connectivity index (χ0) is 21.1. The van der Waals surface area contributed by atoms with Gasteiger partial charge in [-0.3, -0.25) is 9.59 Å². The molecule has 1 atom stereocenters. The Bertz CT molecular complexity index is 1130. The van der Waals surface area contributed by atoms with Crippen molar-refractivity contribution in [3.8, 4) is 5.75 Å². The molecule has 6 heteroatoms. The van der Waals surface area contributed by atoms with Gasteiger partial charge in [0, 0.05) is 20.3 Å². The second-order valence-electron chi connectivity index (χ2n) is 7.09. The van der Waals surface area contributed by atoms with Crippen molar-refractivity contribution in [1.82, 2.24) is 4.90 Å². The van der Waals surface area contributed by atoms with Crippen LogP contribution in [0.3, 0.4) is 0 Å². The summed E-state index contributed by atoms with van der Waals surface area (Å²) in [6, 6.07) is 13.9. The summed E-state index contributed by atoms with van der Waals surface area (Å²) >= 11 is 0. The van der Waals surface area contributed by atoms with Crippen LogP contribution in [-0.4, -0.2) is 37.7 Å². The average molecular weight is 405 g/mol. The summed E-state index contributed by atoms with van der Waals surface area (Å²) in [6.07, 6.45) is 2.33. The number of amides is 1. The van der Waals surface area contributed by atoms with Crippen LogP contribution in [0.25, 0.3) is 11.0 Å². The molecule has 2 aromatic carbocycles. The van der Waals surface area contributed by atoms with Gasteiger partial charge in [-0.1, -0.05) is 36.9 Å². The van der Waals surface area contributed by atoms with Crippen LogP contribution >= 0.6 is 0 Å². The van der Waals surface area contributed by atoms with E-state index in [0.29, 0.717) is 48.5 Å². The standard InChI is InChI=1S/C24H23NO5/c1-3-14-29-17-11-9-16(10-12-17)21-20-22(26)18-7-4-5-8-19(18)30-23(20)24(27)25(21)13-6-15-28-2/h3-5,7-12,21H,1,6,13-15H2,2H3. The number of hydrogen-bond acceptors (Lipinski definition) is 5. The molecule has 6 nitrogen and oxygen atoms in total. The zero-order valence-corrected chi connectivity index (χ0v) is 16.8. The van der Waals surface area contributed by atoms with Gasteiger partial charge in [0.05, 0.1) is 17.0 Å². The van der Waals surface area contributed by atoms with Crippen molar-refractivity contribution in [3.63, 3.8) is 0 Å². The van der Waals surface area contributed by atoms with E-state index >= 15 is 0 Å². The average Bonchev–Trinajstić information content (AvgIpc) is 3.05. The first kappa shape index (κ1) is 19.9. The third-order valence-corrected chi connectivity index (χ3v) is 5.18. The van der Waals surface area contributed by atoms with Crippen molar-refractivity contribution in [2.45, 2.75) is 12.5 Å². The highest BCUT2D eigenvalue weighted by Gasteiger charge is 2.42. The van der Waals surface area contributed by atoms with Crippen molar-refractivity contribution in [1.29, 1.82) is 0 Å². The van der Waals surface area contributed by atoms with Crippen LogP contribution in [0.4, 0.5) is 0 Å². The van der Waals surface area contributed by atoms with Crippen molar-refractivity contribution in [2.75, 3.05) is 26.9 Å². The van der Waals surface area contributed by atoms with Gasteiger partial charge in [-0.2, -0.15) is 0 Å². The summed E-state index contributed by atoms with van der Waals surface area (Å²) in [5.74, 6) is 0.536. The van der Waals surface area contributed by atoms with E-state index in [-0.39, 0.29) is 17.1 Å². The van der Waals surface area contributed by atoms with E-state index in [2.05, 4.69) is 6.58 Å². The summed E-state index contributed by atoms with van der Waals surface area (Å²) in [4.78, 5) is 28.2. The van der Waals surface area contributed by atoms with E-state index < -0.39 is 6.04 Å². The largest absolute Gasteiger partial charge is 0.490 e. The maximum atomic E-state index is 13.3. The van der Waals surface area contributed by atoms with Gasteiger partial charge in [0.2, 0.25) is 5.76 Å². The van der Waals surface area contributed by atoms with E-state index in [1.807, 2.05) is 24.3 Å². The molecule has 3 aromatic rings. The van der Waals surface area contributed by atoms with Crippen LogP contribution in [0.15, 0.2) is 70.4 Å². The molecule has 1 aromatic heterocycles. The van der Waals surface area contributed by atoms with Gasteiger partial charge in [0.15, 0.2) is 5.43 Å². The maximum absolute atomic E-state index is 13.3. The number of rotatable bonds is 8. The highest BCUT2D eigenvalue weighted by atomic mass is 16.5. The minimum Gasteiger partial charge on any atom is -0.490 e. The Labute approximate surface area is 174 Å². The number of benzene rings is 2. The molecular weight excluding hydrogens is 382 g/mol. The van der Waals surface area contributed by atoms with Crippen molar-refractivity contribution < 1.29 is 18.7 Å². The third kappa shape index (κ3) is 3.50. The van der Waals surface area contributed by atoms with Crippen LogP contribution in [-0.2, 0) is 4.74 Å². The molecule has 0 saturated carbocycles. The van der Waals surface area contributed by atoms with E-state index in [1.165, 1.54) is 0 Å². The Hall–Kier alpha value is -3.38. The second kappa shape index (κ2) is 8.55. The fourth-order valence-electron chi connectivity index (χ4n) is 3.83. The highest BCUT2D eigenvalue weighted by Crippen LogP contribution is 2.38. The van der Waals surface area contributed by atoms with Gasteiger partial charge >= 0.3 is 0 Å². The molecular formula is C24H23NO5. The number of nitrogens with zero attached hydrogens (tertiary/aromatic N) is 1. The van der Waals surface area contributed by atoms with Gasteiger partial charge in [-0.15, -0.1) is 0 Å². The summed E-state index contributed by atoms with van der Waals surface area (Å²) < 4.78 is 16.6. The number of ether oxygens (including phenoxy) is 2. The highest BCUT2D eigenvalue weighted by molar-refractivity contribution is 5.99. The van der Waals surface area contributed by atoms with Crippen LogP contribution in [0.2, 0.25) is 0 Å². The molecule has 0 bridgehead atoms. The quantitative estimate of drug-likeness (QED) is 0.419. The smallest absolute Gasteiger partial charge is 0.290 e. The van der Waals surface area contributed by atoms with Crippen molar-refractivity contribution in [2.24, 2.45) is 0 Å². The molecule has 1 amide bonds. The number of methoxy groups -OCH3 is 1. The summed E-state index contributed by atoms with van der Waals surface area (Å²) in [6.45, 7) is 5.02. The number of carbonyl (C=O) groups excluding carboxylic acids is 1. The van der Waals surface area contributed by atoms with Gasteiger partial charge in [0.25, 0.3) is 5.91 Å². The van der Waals surface area contributed by atoms with Gasteiger partial charge < -0.3 is 18.8 Å². The molecule has 0 fully saturated rings. The molecule has 1 aliphatic heterocycles. The van der Waals surface area contributed by atoms with Gasteiger partial charge in [-0.25, -0.2) is 0 Å². The molecule has 1 aliphatic rings. The van der Waals surface area contributed by atoms with E-state index in [9.17, 15) is 9.59 Å². The fourth-order valence-corrected chi connectivity index (χ4v) is 3.83. The lowest BCUT2D eigenvalue weighted by atomic mass is 9.98. The van der Waals surface area contributed by atoms with Gasteiger partial charge in [-0.05, 0) is 36.2 Å². The molecule has 4 rings (SSSR count). The Morgan fingerprint density at radius 2 is 1.90 bits per heavy atom. The lowest BCUT2D eigenvalue weighted by molar-refractivity contribution is 0.0708. The minimum atomic E-state index is -0.515. The summed E-state index contributed by atoms with van der Waals surface area (Å²) in [5.41, 5.74) is 1.45. The van der Waals surface area contributed by atoms with Crippen LogP contribution in [0.1, 0.15) is 34.1 Å². The number of para-hydroxylation sites is 1. The predicted molar refractivity (Wildman–Crippen MR) is 114 cm³/mol. The molecule has 1 unspecified atom stereocenters. The molecule has 154 valence electrons. The second-order valence-corrected chi connectivity index (χ2v) is 7.09. The topological polar surface area (TPSA) is 69.0 Å². The fraction of sp³-hybridized carbons (Fsp3) is 0.250. The Kier molecular flexibility index (Phi) is 5.68. The molecule has 30 heavy (non-hydrogen) atoms. The SMILES string of the molecule is C=CCOc1ccc(C2c3c(oc4ccccc4c3=O)C(=O)N2CCCOC)cc1.